The Labute approximate surface area is 87.3 Å². The van der Waals surface area contributed by atoms with Crippen LogP contribution in [0.25, 0.3) is 0 Å². The molecule has 1 N–H and O–H groups in total. The van der Waals surface area contributed by atoms with E-state index >= 15 is 0 Å². The molecule has 0 atom stereocenters. The highest BCUT2D eigenvalue weighted by Crippen LogP contribution is 1.87. The lowest BCUT2D eigenvalue weighted by Crippen LogP contribution is -2.42. The average molecular weight is 201 g/mol. The van der Waals surface area contributed by atoms with Gasteiger partial charge in [-0.15, -0.1) is 0 Å². The predicted molar refractivity (Wildman–Crippen MR) is 59.5 cm³/mol. The third-order valence-electron chi connectivity index (χ3n) is 2.36. The zero-order valence-corrected chi connectivity index (χ0v) is 9.84. The van der Waals surface area contributed by atoms with E-state index < -0.39 is 0 Å². The quantitative estimate of drug-likeness (QED) is 0.695. The van der Waals surface area contributed by atoms with E-state index in [4.69, 9.17) is 0 Å². The Bertz CT molecular complexity index is 157. The summed E-state index contributed by atoms with van der Waals surface area (Å²) in [5.74, 6) is 0. The molecule has 0 saturated carbocycles. The largest absolute Gasteiger partial charge is 0.337 e. The zero-order valence-electron chi connectivity index (χ0n) is 9.84. The maximum absolute atomic E-state index is 11.5. The van der Waals surface area contributed by atoms with Crippen molar-refractivity contribution >= 4 is 6.03 Å². The molecule has 0 aliphatic heterocycles. The summed E-state index contributed by atoms with van der Waals surface area (Å²) in [5, 5.41) is 2.90. The lowest BCUT2D eigenvalue weighted by Gasteiger charge is -2.20. The molecule has 0 aromatic rings. The van der Waals surface area contributed by atoms with Crippen LogP contribution in [0.2, 0.25) is 0 Å². The number of amides is 2. The fourth-order valence-electron chi connectivity index (χ4n) is 1.13. The SMILES string of the molecule is CCN(C)CCNC(=O)N(CC)CC. The predicted octanol–water partition coefficient (Wildman–Crippen LogP) is 0.990. The Balaban J connectivity index is 3.62. The molecule has 0 fully saturated rings. The van der Waals surface area contributed by atoms with Gasteiger partial charge in [0.2, 0.25) is 0 Å². The Morgan fingerprint density at radius 2 is 1.71 bits per heavy atom. The summed E-state index contributed by atoms with van der Waals surface area (Å²) in [6, 6.07) is 0.0412. The molecule has 0 aromatic heterocycles. The molecule has 4 heteroatoms. The van der Waals surface area contributed by atoms with Crippen LogP contribution in [0, 0.1) is 0 Å². The number of carbonyl (C=O) groups excluding carboxylic acids is 1. The van der Waals surface area contributed by atoms with Crippen molar-refractivity contribution in [3.8, 4) is 0 Å². The monoisotopic (exact) mass is 201 g/mol. The van der Waals surface area contributed by atoms with Gasteiger partial charge in [0, 0.05) is 26.2 Å². The van der Waals surface area contributed by atoms with E-state index in [1.165, 1.54) is 0 Å². The Morgan fingerprint density at radius 3 is 2.14 bits per heavy atom. The smallest absolute Gasteiger partial charge is 0.317 e. The van der Waals surface area contributed by atoms with E-state index in [2.05, 4.69) is 17.1 Å². The molecule has 0 aromatic carbocycles. The van der Waals surface area contributed by atoms with Gasteiger partial charge >= 0.3 is 6.03 Å². The molecule has 0 aliphatic carbocycles. The minimum atomic E-state index is 0.0412. The van der Waals surface area contributed by atoms with E-state index in [0.717, 1.165) is 32.7 Å². The normalized spacial score (nSPS) is 10.4. The van der Waals surface area contributed by atoms with E-state index in [1.54, 1.807) is 4.90 Å². The van der Waals surface area contributed by atoms with Gasteiger partial charge in [-0.25, -0.2) is 4.79 Å². The van der Waals surface area contributed by atoms with Gasteiger partial charge in [-0.3, -0.25) is 0 Å². The number of nitrogens with one attached hydrogen (secondary N) is 1. The molecule has 84 valence electrons. The molecule has 2 amide bonds. The molecule has 0 heterocycles. The molecule has 0 spiro atoms. The fraction of sp³-hybridized carbons (Fsp3) is 0.900. The van der Waals surface area contributed by atoms with Crippen molar-refractivity contribution in [2.75, 3.05) is 39.8 Å². The van der Waals surface area contributed by atoms with Gasteiger partial charge in [-0.1, -0.05) is 6.92 Å². The summed E-state index contributed by atoms with van der Waals surface area (Å²) >= 11 is 0. The molecule has 0 aliphatic rings. The number of hydrogen-bond acceptors (Lipinski definition) is 2. The minimum absolute atomic E-state index is 0.0412. The number of hydrogen-bond donors (Lipinski definition) is 1. The number of likely N-dealkylation sites (N-methyl/N-ethyl adjacent to an activating group) is 1. The summed E-state index contributed by atoms with van der Waals surface area (Å²) < 4.78 is 0. The second kappa shape index (κ2) is 7.62. The van der Waals surface area contributed by atoms with Crippen LogP contribution in [0.1, 0.15) is 20.8 Å². The van der Waals surface area contributed by atoms with E-state index in [-0.39, 0.29) is 6.03 Å². The third kappa shape index (κ3) is 5.07. The first-order chi connectivity index (χ1) is 6.65. The Morgan fingerprint density at radius 1 is 1.14 bits per heavy atom. The van der Waals surface area contributed by atoms with Crippen LogP contribution < -0.4 is 5.32 Å². The van der Waals surface area contributed by atoms with Gasteiger partial charge in [-0.2, -0.15) is 0 Å². The van der Waals surface area contributed by atoms with Crippen LogP contribution in [0.3, 0.4) is 0 Å². The van der Waals surface area contributed by atoms with Crippen LogP contribution in [0.5, 0.6) is 0 Å². The van der Waals surface area contributed by atoms with Gasteiger partial charge in [0.05, 0.1) is 0 Å². The van der Waals surface area contributed by atoms with E-state index in [1.807, 2.05) is 20.9 Å². The van der Waals surface area contributed by atoms with Gasteiger partial charge in [0.1, 0.15) is 0 Å². The van der Waals surface area contributed by atoms with E-state index in [9.17, 15) is 4.79 Å². The molecule has 0 unspecified atom stereocenters. The summed E-state index contributed by atoms with van der Waals surface area (Å²) in [7, 11) is 2.05. The lowest BCUT2D eigenvalue weighted by molar-refractivity contribution is 0.201. The highest BCUT2D eigenvalue weighted by atomic mass is 16.2. The first-order valence-electron chi connectivity index (χ1n) is 5.36. The van der Waals surface area contributed by atoms with Crippen molar-refractivity contribution in [3.63, 3.8) is 0 Å². The third-order valence-corrected chi connectivity index (χ3v) is 2.36. The van der Waals surface area contributed by atoms with Crippen molar-refractivity contribution in [1.82, 2.24) is 15.1 Å². The van der Waals surface area contributed by atoms with Crippen molar-refractivity contribution < 1.29 is 4.79 Å². The van der Waals surface area contributed by atoms with Gasteiger partial charge in [-0.05, 0) is 27.4 Å². The Kier molecular flexibility index (Phi) is 7.20. The molecular formula is C10H23N3O. The van der Waals surface area contributed by atoms with Crippen molar-refractivity contribution in [2.24, 2.45) is 0 Å². The summed E-state index contributed by atoms with van der Waals surface area (Å²) in [6.07, 6.45) is 0. The second-order valence-corrected chi connectivity index (χ2v) is 3.30. The lowest BCUT2D eigenvalue weighted by atomic mass is 10.5. The maximum Gasteiger partial charge on any atom is 0.317 e. The molecule has 0 radical (unpaired) electrons. The molecule has 0 bridgehead atoms. The topological polar surface area (TPSA) is 35.6 Å². The van der Waals surface area contributed by atoms with Crippen LogP contribution in [0.4, 0.5) is 4.79 Å². The standard InChI is InChI=1S/C10H23N3O/c1-5-12(4)9-8-11-10(14)13(6-2)7-3/h5-9H2,1-4H3,(H,11,14). The van der Waals surface area contributed by atoms with Crippen LogP contribution >= 0.6 is 0 Å². The number of urea groups is 1. The van der Waals surface area contributed by atoms with Gasteiger partial charge < -0.3 is 15.1 Å². The summed E-state index contributed by atoms with van der Waals surface area (Å²) in [5.41, 5.74) is 0. The van der Waals surface area contributed by atoms with Crippen molar-refractivity contribution in [1.29, 1.82) is 0 Å². The molecule has 0 saturated heterocycles. The fourth-order valence-corrected chi connectivity index (χ4v) is 1.13. The van der Waals surface area contributed by atoms with Crippen LogP contribution in [-0.2, 0) is 0 Å². The number of nitrogens with zero attached hydrogens (tertiary/aromatic N) is 2. The molecular weight excluding hydrogens is 178 g/mol. The highest BCUT2D eigenvalue weighted by molar-refractivity contribution is 5.73. The van der Waals surface area contributed by atoms with Crippen molar-refractivity contribution in [3.05, 3.63) is 0 Å². The average Bonchev–Trinajstić information content (AvgIpc) is 2.19. The maximum atomic E-state index is 11.5. The molecule has 4 nitrogen and oxygen atoms in total. The van der Waals surface area contributed by atoms with Crippen LogP contribution in [-0.4, -0.2) is 55.6 Å². The van der Waals surface area contributed by atoms with Crippen molar-refractivity contribution in [2.45, 2.75) is 20.8 Å². The summed E-state index contributed by atoms with van der Waals surface area (Å²) in [6.45, 7) is 10.3. The number of carbonyl (C=O) groups is 1. The first-order valence-corrected chi connectivity index (χ1v) is 5.36. The first kappa shape index (κ1) is 13.2. The number of rotatable bonds is 6. The molecule has 0 rings (SSSR count). The van der Waals surface area contributed by atoms with Crippen LogP contribution in [0.15, 0.2) is 0 Å². The zero-order chi connectivity index (χ0) is 11.0. The second-order valence-electron chi connectivity index (χ2n) is 3.30. The van der Waals surface area contributed by atoms with Gasteiger partial charge in [0.25, 0.3) is 0 Å². The van der Waals surface area contributed by atoms with E-state index in [0.29, 0.717) is 0 Å². The highest BCUT2D eigenvalue weighted by Gasteiger charge is 2.07. The summed E-state index contributed by atoms with van der Waals surface area (Å²) in [4.78, 5) is 15.4. The van der Waals surface area contributed by atoms with Gasteiger partial charge in [0.15, 0.2) is 0 Å². The minimum Gasteiger partial charge on any atom is -0.337 e. The molecule has 14 heavy (non-hydrogen) atoms. The Hall–Kier alpha value is -0.770.